The third-order valence-electron chi connectivity index (χ3n) is 3.04. The van der Waals surface area contributed by atoms with Crippen molar-refractivity contribution in [3.8, 4) is 5.75 Å². The zero-order valence-corrected chi connectivity index (χ0v) is 9.21. The molecule has 0 radical (unpaired) electrons. The second kappa shape index (κ2) is 3.64. The Morgan fingerprint density at radius 2 is 2.14 bits per heavy atom. The summed E-state index contributed by atoms with van der Waals surface area (Å²) in [6.45, 7) is 7.62. The van der Waals surface area contributed by atoms with Crippen molar-refractivity contribution in [2.45, 2.75) is 39.0 Å². The summed E-state index contributed by atoms with van der Waals surface area (Å²) in [4.78, 5) is 0. The van der Waals surface area contributed by atoms with Crippen molar-refractivity contribution in [2.24, 2.45) is 0 Å². The third kappa shape index (κ3) is 1.63. The number of fused-ring (bicyclic) bond motifs is 1. The van der Waals surface area contributed by atoms with E-state index in [4.69, 9.17) is 4.74 Å². The Morgan fingerprint density at radius 3 is 2.86 bits per heavy atom. The van der Waals surface area contributed by atoms with E-state index >= 15 is 0 Å². The van der Waals surface area contributed by atoms with Crippen molar-refractivity contribution in [3.63, 3.8) is 0 Å². The van der Waals surface area contributed by atoms with Crippen molar-refractivity contribution in [3.05, 3.63) is 29.3 Å². The van der Waals surface area contributed by atoms with Gasteiger partial charge in [-0.3, -0.25) is 0 Å². The molecule has 1 aromatic rings. The second-order valence-corrected chi connectivity index (χ2v) is 4.49. The first-order valence-corrected chi connectivity index (χ1v) is 5.45. The van der Waals surface area contributed by atoms with Crippen molar-refractivity contribution in [2.75, 3.05) is 6.61 Å². The second-order valence-electron chi connectivity index (χ2n) is 4.49. The minimum atomic E-state index is 0.606. The normalized spacial score (nSPS) is 20.4. The van der Waals surface area contributed by atoms with Gasteiger partial charge in [0, 0.05) is 0 Å². The number of hydrogen-bond donors (Lipinski definition) is 0. The molecule has 1 atom stereocenters. The Labute approximate surface area is 86.1 Å². The van der Waals surface area contributed by atoms with E-state index < -0.39 is 0 Å². The molecule has 0 aromatic heterocycles. The Balaban J connectivity index is 2.41. The molecule has 0 saturated heterocycles. The molecule has 0 aliphatic carbocycles. The summed E-state index contributed by atoms with van der Waals surface area (Å²) in [7, 11) is 0. The Morgan fingerprint density at radius 1 is 1.36 bits per heavy atom. The number of ether oxygens (including phenoxy) is 1. The molecule has 0 bridgehead atoms. The van der Waals surface area contributed by atoms with Gasteiger partial charge in [-0.2, -0.15) is 0 Å². The van der Waals surface area contributed by atoms with Crippen LogP contribution in [0.4, 0.5) is 0 Å². The SMILES string of the molecule is CC(C)c1ccc2c(c1)C(C)CCO2. The molecule has 1 aliphatic heterocycles. The predicted octanol–water partition coefficient (Wildman–Crippen LogP) is 3.70. The van der Waals surface area contributed by atoms with Gasteiger partial charge in [-0.05, 0) is 35.4 Å². The van der Waals surface area contributed by atoms with Crippen LogP contribution in [0.2, 0.25) is 0 Å². The average Bonchev–Trinajstić information content (AvgIpc) is 2.18. The fourth-order valence-electron chi connectivity index (χ4n) is 1.94. The van der Waals surface area contributed by atoms with Gasteiger partial charge in [0.1, 0.15) is 5.75 Å². The number of benzene rings is 1. The van der Waals surface area contributed by atoms with Crippen LogP contribution in [0.1, 0.15) is 50.2 Å². The Kier molecular flexibility index (Phi) is 2.49. The molecule has 14 heavy (non-hydrogen) atoms. The van der Waals surface area contributed by atoms with Gasteiger partial charge in [0.15, 0.2) is 0 Å². The minimum Gasteiger partial charge on any atom is -0.493 e. The van der Waals surface area contributed by atoms with Crippen LogP contribution >= 0.6 is 0 Å². The molecular weight excluding hydrogens is 172 g/mol. The average molecular weight is 190 g/mol. The molecule has 0 spiro atoms. The van der Waals surface area contributed by atoms with Gasteiger partial charge in [0.25, 0.3) is 0 Å². The van der Waals surface area contributed by atoms with Crippen LogP contribution in [0.15, 0.2) is 18.2 Å². The topological polar surface area (TPSA) is 9.23 Å². The standard InChI is InChI=1S/C13H18O/c1-9(2)11-4-5-13-12(8-11)10(3)6-7-14-13/h4-5,8-10H,6-7H2,1-3H3. The summed E-state index contributed by atoms with van der Waals surface area (Å²) in [5.41, 5.74) is 2.81. The zero-order valence-electron chi connectivity index (χ0n) is 9.21. The van der Waals surface area contributed by atoms with Crippen molar-refractivity contribution in [1.82, 2.24) is 0 Å². The first kappa shape index (κ1) is 9.57. The zero-order chi connectivity index (χ0) is 10.1. The van der Waals surface area contributed by atoms with Crippen LogP contribution in [-0.2, 0) is 0 Å². The van der Waals surface area contributed by atoms with Crippen LogP contribution < -0.4 is 4.74 Å². The van der Waals surface area contributed by atoms with E-state index in [0.717, 1.165) is 18.8 Å². The van der Waals surface area contributed by atoms with Gasteiger partial charge in [-0.15, -0.1) is 0 Å². The quantitative estimate of drug-likeness (QED) is 0.656. The van der Waals surface area contributed by atoms with Crippen LogP contribution in [0, 0.1) is 0 Å². The fraction of sp³-hybridized carbons (Fsp3) is 0.538. The highest BCUT2D eigenvalue weighted by Crippen LogP contribution is 2.35. The van der Waals surface area contributed by atoms with E-state index in [1.807, 2.05) is 0 Å². The summed E-state index contributed by atoms with van der Waals surface area (Å²) in [6, 6.07) is 6.62. The maximum absolute atomic E-state index is 5.63. The molecule has 0 fully saturated rings. The van der Waals surface area contributed by atoms with Gasteiger partial charge in [0.2, 0.25) is 0 Å². The van der Waals surface area contributed by atoms with Gasteiger partial charge >= 0.3 is 0 Å². The maximum atomic E-state index is 5.63. The van der Waals surface area contributed by atoms with Gasteiger partial charge in [-0.25, -0.2) is 0 Å². The molecule has 0 saturated carbocycles. The summed E-state index contributed by atoms with van der Waals surface area (Å²) >= 11 is 0. The summed E-state index contributed by atoms with van der Waals surface area (Å²) in [6.07, 6.45) is 1.15. The van der Waals surface area contributed by atoms with E-state index in [9.17, 15) is 0 Å². The molecule has 1 unspecified atom stereocenters. The maximum Gasteiger partial charge on any atom is 0.122 e. The lowest BCUT2D eigenvalue weighted by molar-refractivity contribution is 0.272. The molecule has 2 rings (SSSR count). The van der Waals surface area contributed by atoms with Crippen LogP contribution in [0.3, 0.4) is 0 Å². The van der Waals surface area contributed by atoms with E-state index in [2.05, 4.69) is 39.0 Å². The van der Waals surface area contributed by atoms with Crippen LogP contribution in [0.5, 0.6) is 5.75 Å². The molecule has 1 nitrogen and oxygen atoms in total. The highest BCUT2D eigenvalue weighted by molar-refractivity contribution is 5.41. The van der Waals surface area contributed by atoms with Crippen molar-refractivity contribution in [1.29, 1.82) is 0 Å². The van der Waals surface area contributed by atoms with E-state index in [1.54, 1.807) is 0 Å². The first-order chi connectivity index (χ1) is 6.68. The summed E-state index contributed by atoms with van der Waals surface area (Å²) in [5, 5.41) is 0. The summed E-state index contributed by atoms with van der Waals surface area (Å²) < 4.78 is 5.63. The van der Waals surface area contributed by atoms with Crippen LogP contribution in [-0.4, -0.2) is 6.61 Å². The highest BCUT2D eigenvalue weighted by Gasteiger charge is 2.18. The van der Waals surface area contributed by atoms with E-state index in [-0.39, 0.29) is 0 Å². The Hall–Kier alpha value is -0.980. The largest absolute Gasteiger partial charge is 0.493 e. The number of hydrogen-bond acceptors (Lipinski definition) is 1. The molecule has 1 heterocycles. The molecule has 76 valence electrons. The smallest absolute Gasteiger partial charge is 0.122 e. The van der Waals surface area contributed by atoms with Crippen LogP contribution in [0.25, 0.3) is 0 Å². The molecule has 1 aliphatic rings. The van der Waals surface area contributed by atoms with Crippen molar-refractivity contribution >= 4 is 0 Å². The third-order valence-corrected chi connectivity index (χ3v) is 3.04. The molecule has 0 amide bonds. The lowest BCUT2D eigenvalue weighted by Crippen LogP contribution is -2.12. The summed E-state index contributed by atoms with van der Waals surface area (Å²) in [5.74, 6) is 2.35. The highest BCUT2D eigenvalue weighted by atomic mass is 16.5. The Bertz CT molecular complexity index is 328. The fourth-order valence-corrected chi connectivity index (χ4v) is 1.94. The molecule has 0 N–H and O–H groups in total. The lowest BCUT2D eigenvalue weighted by atomic mass is 9.91. The molecule has 1 aromatic carbocycles. The number of rotatable bonds is 1. The van der Waals surface area contributed by atoms with Gasteiger partial charge < -0.3 is 4.74 Å². The minimum absolute atomic E-state index is 0.606. The monoisotopic (exact) mass is 190 g/mol. The van der Waals surface area contributed by atoms with Crippen molar-refractivity contribution < 1.29 is 4.74 Å². The lowest BCUT2D eigenvalue weighted by Gasteiger charge is -2.24. The predicted molar refractivity (Wildman–Crippen MR) is 59.1 cm³/mol. The van der Waals surface area contributed by atoms with E-state index in [0.29, 0.717) is 11.8 Å². The van der Waals surface area contributed by atoms with E-state index in [1.165, 1.54) is 11.1 Å². The molecular formula is C13H18O. The molecule has 1 heteroatoms. The first-order valence-electron chi connectivity index (χ1n) is 5.45. The van der Waals surface area contributed by atoms with Gasteiger partial charge in [0.05, 0.1) is 6.61 Å². The van der Waals surface area contributed by atoms with Gasteiger partial charge in [-0.1, -0.05) is 32.9 Å².